The molecule has 0 saturated carbocycles. The Kier molecular flexibility index (Phi) is 7.01. The van der Waals surface area contributed by atoms with E-state index in [0.29, 0.717) is 28.8 Å². The summed E-state index contributed by atoms with van der Waals surface area (Å²) in [5, 5.41) is 8.88. The van der Waals surface area contributed by atoms with Crippen LogP contribution in [-0.4, -0.2) is 42.6 Å². The van der Waals surface area contributed by atoms with E-state index in [9.17, 15) is 13.4 Å². The van der Waals surface area contributed by atoms with Gasteiger partial charge in [0.05, 0.1) is 9.73 Å². The molecule has 0 aliphatic carbocycles. The Morgan fingerprint density at radius 3 is 2.53 bits per heavy atom. The quantitative estimate of drug-likeness (QED) is 0.440. The number of aromatic nitrogens is 3. The third kappa shape index (κ3) is 6.04. The molecule has 3 aromatic rings. The van der Waals surface area contributed by atoms with Gasteiger partial charge >= 0.3 is 0 Å². The maximum absolute atomic E-state index is 13.2. The number of anilines is 4. The van der Waals surface area contributed by atoms with Gasteiger partial charge in [0, 0.05) is 30.9 Å². The standard InChI is InChI=1S/C23H26FN7O2S.H2/c1-15(2)26-22(32)18-14-25-23(27-17-10-8-16(24)9-11-17)30-21(18)29-19-6-5-7-20(28-19)31-34(33)12-3-4-13-34;/h5-11,14-15H,3-4,12-13H2,1-2H3,(H,26,32)(H2,25,27,28,29,30);1H. The monoisotopic (exact) mass is 485 g/mol. The van der Waals surface area contributed by atoms with Gasteiger partial charge in [0.2, 0.25) is 5.95 Å². The Morgan fingerprint density at radius 2 is 1.82 bits per heavy atom. The van der Waals surface area contributed by atoms with Crippen molar-refractivity contribution in [3.05, 3.63) is 60.0 Å². The highest BCUT2D eigenvalue weighted by atomic mass is 32.2. The van der Waals surface area contributed by atoms with E-state index < -0.39 is 9.73 Å². The van der Waals surface area contributed by atoms with Gasteiger partial charge in [-0.25, -0.2) is 18.6 Å². The zero-order valence-electron chi connectivity index (χ0n) is 18.9. The molecule has 4 rings (SSSR count). The fraction of sp³-hybridized carbons (Fsp3) is 0.304. The largest absolute Gasteiger partial charge is 0.350 e. The van der Waals surface area contributed by atoms with Crippen molar-refractivity contribution >= 4 is 44.7 Å². The Bertz CT molecular complexity index is 1300. The van der Waals surface area contributed by atoms with Gasteiger partial charge in [-0.05, 0) is 63.1 Å². The van der Waals surface area contributed by atoms with Crippen LogP contribution in [0.15, 0.2) is 53.0 Å². The van der Waals surface area contributed by atoms with Gasteiger partial charge in [-0.15, -0.1) is 0 Å². The Balaban J connectivity index is 0.00000342. The second-order valence-electron chi connectivity index (χ2n) is 8.20. The molecule has 1 aromatic carbocycles. The lowest BCUT2D eigenvalue weighted by atomic mass is 10.2. The van der Waals surface area contributed by atoms with E-state index in [0.717, 1.165) is 12.8 Å². The molecule has 34 heavy (non-hydrogen) atoms. The highest BCUT2D eigenvalue weighted by Crippen LogP contribution is 2.24. The van der Waals surface area contributed by atoms with Crippen LogP contribution >= 0.6 is 0 Å². The SMILES string of the molecule is CC(C)NC(=O)c1cnc(Nc2ccc(F)cc2)nc1Nc1cccc(N=S2(=O)CCCC2)n1.[HH]. The van der Waals surface area contributed by atoms with Crippen LogP contribution in [0.3, 0.4) is 0 Å². The molecule has 1 aliphatic heterocycles. The zero-order chi connectivity index (χ0) is 24.1. The molecular weight excluding hydrogens is 457 g/mol. The highest BCUT2D eigenvalue weighted by molar-refractivity contribution is 7.93. The molecule has 3 heterocycles. The van der Waals surface area contributed by atoms with Gasteiger partial charge in [0.25, 0.3) is 5.91 Å². The molecular formula is C23H28FN7O2S. The van der Waals surface area contributed by atoms with E-state index in [1.165, 1.54) is 18.3 Å². The molecule has 0 atom stereocenters. The summed E-state index contributed by atoms with van der Waals surface area (Å²) in [6, 6.07) is 10.8. The van der Waals surface area contributed by atoms with Crippen LogP contribution in [0.5, 0.6) is 0 Å². The van der Waals surface area contributed by atoms with Gasteiger partial charge in [0.15, 0.2) is 5.82 Å². The van der Waals surface area contributed by atoms with Crippen molar-refractivity contribution in [2.24, 2.45) is 4.36 Å². The molecule has 0 radical (unpaired) electrons. The van der Waals surface area contributed by atoms with Crippen LogP contribution in [0.2, 0.25) is 0 Å². The molecule has 1 saturated heterocycles. The topological polar surface area (TPSA) is 121 Å². The van der Waals surface area contributed by atoms with E-state index in [1.54, 1.807) is 30.3 Å². The minimum absolute atomic E-state index is 0. The zero-order valence-corrected chi connectivity index (χ0v) is 19.7. The first kappa shape index (κ1) is 23.6. The van der Waals surface area contributed by atoms with Crippen LogP contribution in [0.4, 0.5) is 33.5 Å². The first-order chi connectivity index (χ1) is 16.3. The molecule has 180 valence electrons. The molecule has 9 nitrogen and oxygen atoms in total. The lowest BCUT2D eigenvalue weighted by Crippen LogP contribution is -2.31. The van der Waals surface area contributed by atoms with Crippen molar-refractivity contribution in [1.82, 2.24) is 20.3 Å². The molecule has 1 amide bonds. The van der Waals surface area contributed by atoms with Crippen molar-refractivity contribution < 1.29 is 14.8 Å². The van der Waals surface area contributed by atoms with E-state index in [-0.39, 0.29) is 36.5 Å². The second-order valence-corrected chi connectivity index (χ2v) is 10.7. The number of carbonyl (C=O) groups excluding carboxylic acids is 1. The van der Waals surface area contributed by atoms with Crippen LogP contribution in [0.25, 0.3) is 0 Å². The summed E-state index contributed by atoms with van der Waals surface area (Å²) >= 11 is 0. The Hall–Kier alpha value is -3.60. The van der Waals surface area contributed by atoms with E-state index in [4.69, 9.17) is 0 Å². The Labute approximate surface area is 199 Å². The summed E-state index contributed by atoms with van der Waals surface area (Å²) in [5.74, 6) is 1.66. The fourth-order valence-corrected chi connectivity index (χ4v) is 5.53. The summed E-state index contributed by atoms with van der Waals surface area (Å²) in [6.45, 7) is 3.71. The lowest BCUT2D eigenvalue weighted by Gasteiger charge is -2.14. The van der Waals surface area contributed by atoms with Crippen molar-refractivity contribution in [2.75, 3.05) is 22.1 Å². The van der Waals surface area contributed by atoms with E-state index in [1.807, 2.05) is 13.8 Å². The van der Waals surface area contributed by atoms with Crippen molar-refractivity contribution in [2.45, 2.75) is 32.7 Å². The average molecular weight is 486 g/mol. The smallest absolute Gasteiger partial charge is 0.256 e. The molecule has 0 bridgehead atoms. The summed E-state index contributed by atoms with van der Waals surface area (Å²) in [6.07, 6.45) is 3.21. The lowest BCUT2D eigenvalue weighted by molar-refractivity contribution is 0.0943. The number of nitrogens with zero attached hydrogens (tertiary/aromatic N) is 4. The third-order valence-electron chi connectivity index (χ3n) is 4.97. The molecule has 1 fully saturated rings. The summed E-state index contributed by atoms with van der Waals surface area (Å²) < 4.78 is 30.4. The first-order valence-corrected chi connectivity index (χ1v) is 12.8. The summed E-state index contributed by atoms with van der Waals surface area (Å²) in [4.78, 5) is 25.9. The van der Waals surface area contributed by atoms with Gasteiger partial charge in [-0.3, -0.25) is 4.79 Å². The molecule has 3 N–H and O–H groups in total. The minimum Gasteiger partial charge on any atom is -0.350 e. The van der Waals surface area contributed by atoms with Gasteiger partial charge in [-0.1, -0.05) is 6.07 Å². The number of benzene rings is 1. The normalized spacial score (nSPS) is 14.6. The maximum Gasteiger partial charge on any atom is 0.256 e. The number of amides is 1. The molecule has 11 heteroatoms. The van der Waals surface area contributed by atoms with Crippen molar-refractivity contribution in [3.8, 4) is 0 Å². The van der Waals surface area contributed by atoms with Gasteiger partial charge < -0.3 is 16.0 Å². The predicted molar refractivity (Wildman–Crippen MR) is 133 cm³/mol. The van der Waals surface area contributed by atoms with Gasteiger partial charge in [0.1, 0.15) is 23.0 Å². The summed E-state index contributed by atoms with van der Waals surface area (Å²) in [5.41, 5.74) is 0.815. The number of hydrogen-bond acceptors (Lipinski definition) is 8. The number of hydrogen-bond donors (Lipinski definition) is 3. The van der Waals surface area contributed by atoms with Crippen molar-refractivity contribution in [3.63, 3.8) is 0 Å². The number of rotatable bonds is 7. The third-order valence-corrected chi connectivity index (χ3v) is 7.34. The number of carbonyl (C=O) groups is 1. The average Bonchev–Trinajstić information content (AvgIpc) is 3.21. The maximum atomic E-state index is 13.2. The van der Waals surface area contributed by atoms with Crippen LogP contribution in [0.1, 0.15) is 38.5 Å². The number of halogens is 1. The number of nitrogens with one attached hydrogen (secondary N) is 3. The molecule has 0 spiro atoms. The fourth-order valence-electron chi connectivity index (χ4n) is 3.39. The van der Waals surface area contributed by atoms with Crippen LogP contribution in [0, 0.1) is 5.82 Å². The molecule has 0 unspecified atom stereocenters. The van der Waals surface area contributed by atoms with Gasteiger partial charge in [-0.2, -0.15) is 9.35 Å². The highest BCUT2D eigenvalue weighted by Gasteiger charge is 2.18. The first-order valence-electron chi connectivity index (χ1n) is 11.0. The van der Waals surface area contributed by atoms with E-state index >= 15 is 0 Å². The Morgan fingerprint density at radius 1 is 1.09 bits per heavy atom. The van der Waals surface area contributed by atoms with Crippen molar-refractivity contribution in [1.29, 1.82) is 0 Å². The van der Waals surface area contributed by atoms with E-state index in [2.05, 4.69) is 35.3 Å². The summed E-state index contributed by atoms with van der Waals surface area (Å²) in [7, 11) is -2.27. The van der Waals surface area contributed by atoms with Crippen LogP contribution in [-0.2, 0) is 9.73 Å². The van der Waals surface area contributed by atoms with Crippen LogP contribution < -0.4 is 16.0 Å². The minimum atomic E-state index is -2.27. The number of pyridine rings is 1. The molecule has 2 aromatic heterocycles. The predicted octanol–water partition coefficient (Wildman–Crippen LogP) is 4.78. The second kappa shape index (κ2) is 10.1. The molecule has 1 aliphatic rings.